The Kier molecular flexibility index (Phi) is 6.02. The molecule has 0 aliphatic carbocycles. The number of benzene rings is 2. The third kappa shape index (κ3) is 5.01. The number of carbonyl (C=O) groups excluding carboxylic acids is 1. The second-order valence-corrected chi connectivity index (χ2v) is 6.52. The SMILES string of the molecule is O=C(CNc1ccc(Cl)cc1Cl)Nc1ccc(N2CCOCC2)cc1. The fraction of sp³-hybridized carbons (Fsp3) is 0.278. The van der Waals surface area contributed by atoms with E-state index in [1.807, 2.05) is 24.3 Å². The molecular weight excluding hydrogens is 361 g/mol. The fourth-order valence-electron chi connectivity index (χ4n) is 2.59. The van der Waals surface area contributed by atoms with Gasteiger partial charge in [-0.15, -0.1) is 0 Å². The number of hydrogen-bond acceptors (Lipinski definition) is 4. The number of carbonyl (C=O) groups is 1. The van der Waals surface area contributed by atoms with E-state index in [1.54, 1.807) is 18.2 Å². The van der Waals surface area contributed by atoms with Crippen LogP contribution < -0.4 is 15.5 Å². The predicted octanol–water partition coefficient (Wildman–Crippen LogP) is 3.88. The monoisotopic (exact) mass is 379 g/mol. The van der Waals surface area contributed by atoms with Crippen LogP contribution in [0, 0.1) is 0 Å². The Morgan fingerprint density at radius 2 is 1.80 bits per heavy atom. The second-order valence-electron chi connectivity index (χ2n) is 5.67. The van der Waals surface area contributed by atoms with Crippen molar-refractivity contribution >= 4 is 46.2 Å². The number of nitrogens with zero attached hydrogens (tertiary/aromatic N) is 1. The highest BCUT2D eigenvalue weighted by Crippen LogP contribution is 2.25. The van der Waals surface area contributed by atoms with Gasteiger partial charge in [-0.3, -0.25) is 4.79 Å². The first kappa shape index (κ1) is 17.9. The van der Waals surface area contributed by atoms with Crippen molar-refractivity contribution in [2.45, 2.75) is 0 Å². The lowest BCUT2D eigenvalue weighted by Gasteiger charge is -2.28. The van der Waals surface area contributed by atoms with Crippen molar-refractivity contribution in [1.29, 1.82) is 0 Å². The van der Waals surface area contributed by atoms with E-state index in [1.165, 1.54) is 0 Å². The van der Waals surface area contributed by atoms with E-state index in [9.17, 15) is 4.79 Å². The van der Waals surface area contributed by atoms with Gasteiger partial charge in [-0.25, -0.2) is 0 Å². The number of nitrogens with one attached hydrogen (secondary N) is 2. The van der Waals surface area contributed by atoms with Crippen LogP contribution in [-0.2, 0) is 9.53 Å². The molecule has 1 heterocycles. The average molecular weight is 380 g/mol. The summed E-state index contributed by atoms with van der Waals surface area (Å²) in [5.74, 6) is -0.148. The van der Waals surface area contributed by atoms with Crippen LogP contribution >= 0.6 is 23.2 Å². The molecule has 2 aromatic rings. The third-order valence-corrected chi connectivity index (χ3v) is 4.45. The summed E-state index contributed by atoms with van der Waals surface area (Å²) in [5, 5.41) is 6.90. The van der Waals surface area contributed by atoms with E-state index in [-0.39, 0.29) is 12.5 Å². The summed E-state index contributed by atoms with van der Waals surface area (Å²) >= 11 is 11.9. The molecular formula is C18H19Cl2N3O2. The summed E-state index contributed by atoms with van der Waals surface area (Å²) in [6.45, 7) is 3.39. The van der Waals surface area contributed by atoms with E-state index in [2.05, 4.69) is 15.5 Å². The van der Waals surface area contributed by atoms with Crippen molar-refractivity contribution < 1.29 is 9.53 Å². The largest absolute Gasteiger partial charge is 0.378 e. The van der Waals surface area contributed by atoms with Gasteiger partial charge in [0.15, 0.2) is 0 Å². The smallest absolute Gasteiger partial charge is 0.243 e. The molecule has 0 unspecified atom stereocenters. The van der Waals surface area contributed by atoms with Crippen molar-refractivity contribution in [2.75, 3.05) is 48.4 Å². The number of ether oxygens (including phenoxy) is 1. The molecule has 1 aliphatic rings. The van der Waals surface area contributed by atoms with Crippen LogP contribution in [0.25, 0.3) is 0 Å². The van der Waals surface area contributed by atoms with Gasteiger partial charge in [-0.05, 0) is 42.5 Å². The van der Waals surface area contributed by atoms with E-state index >= 15 is 0 Å². The molecule has 0 spiro atoms. The predicted molar refractivity (Wildman–Crippen MR) is 103 cm³/mol. The number of morpholine rings is 1. The van der Waals surface area contributed by atoms with Crippen molar-refractivity contribution in [2.24, 2.45) is 0 Å². The minimum Gasteiger partial charge on any atom is -0.378 e. The first-order chi connectivity index (χ1) is 12.1. The van der Waals surface area contributed by atoms with Gasteiger partial charge in [-0.2, -0.15) is 0 Å². The molecule has 3 rings (SSSR count). The molecule has 132 valence electrons. The zero-order valence-electron chi connectivity index (χ0n) is 13.6. The second kappa shape index (κ2) is 8.43. The molecule has 1 amide bonds. The average Bonchev–Trinajstić information content (AvgIpc) is 2.62. The highest BCUT2D eigenvalue weighted by Gasteiger charge is 2.11. The summed E-state index contributed by atoms with van der Waals surface area (Å²) in [6, 6.07) is 12.9. The lowest BCUT2D eigenvalue weighted by atomic mass is 10.2. The zero-order chi connectivity index (χ0) is 17.6. The Morgan fingerprint density at radius 3 is 2.48 bits per heavy atom. The topological polar surface area (TPSA) is 53.6 Å². The molecule has 1 aliphatic heterocycles. The standard InChI is InChI=1S/C18H19Cl2N3O2/c19-13-1-6-17(16(20)11-13)21-12-18(24)22-14-2-4-15(5-3-14)23-7-9-25-10-8-23/h1-6,11,21H,7-10,12H2,(H,22,24). The van der Waals surface area contributed by atoms with Crippen LogP contribution in [0.3, 0.4) is 0 Å². The van der Waals surface area contributed by atoms with Crippen molar-refractivity contribution in [3.63, 3.8) is 0 Å². The lowest BCUT2D eigenvalue weighted by Crippen LogP contribution is -2.36. The molecule has 0 saturated carbocycles. The summed E-state index contributed by atoms with van der Waals surface area (Å²) in [6.07, 6.45) is 0. The van der Waals surface area contributed by atoms with Crippen molar-refractivity contribution in [3.05, 3.63) is 52.5 Å². The number of rotatable bonds is 5. The first-order valence-corrected chi connectivity index (χ1v) is 8.79. The van der Waals surface area contributed by atoms with Crippen LogP contribution in [0.1, 0.15) is 0 Å². The Balaban J connectivity index is 1.52. The summed E-state index contributed by atoms with van der Waals surface area (Å²) in [5.41, 5.74) is 2.56. The molecule has 5 nitrogen and oxygen atoms in total. The Bertz CT molecular complexity index is 732. The first-order valence-electron chi connectivity index (χ1n) is 8.03. The maximum absolute atomic E-state index is 12.1. The molecule has 1 fully saturated rings. The maximum Gasteiger partial charge on any atom is 0.243 e. The molecule has 2 aromatic carbocycles. The number of amides is 1. The highest BCUT2D eigenvalue weighted by molar-refractivity contribution is 6.36. The zero-order valence-corrected chi connectivity index (χ0v) is 15.1. The van der Waals surface area contributed by atoms with Gasteiger partial charge in [0.1, 0.15) is 0 Å². The van der Waals surface area contributed by atoms with Gasteiger partial charge in [0, 0.05) is 29.5 Å². The van der Waals surface area contributed by atoms with Crippen molar-refractivity contribution in [3.8, 4) is 0 Å². The van der Waals surface area contributed by atoms with Crippen molar-refractivity contribution in [1.82, 2.24) is 0 Å². The molecule has 0 bridgehead atoms. The van der Waals surface area contributed by atoms with E-state index in [0.717, 1.165) is 37.7 Å². The van der Waals surface area contributed by atoms with Gasteiger partial charge < -0.3 is 20.3 Å². The van der Waals surface area contributed by atoms with Crippen LogP contribution in [0.2, 0.25) is 10.0 Å². The van der Waals surface area contributed by atoms with Gasteiger partial charge in [-0.1, -0.05) is 23.2 Å². The molecule has 2 N–H and O–H groups in total. The molecule has 1 saturated heterocycles. The molecule has 0 aromatic heterocycles. The number of hydrogen-bond donors (Lipinski definition) is 2. The molecule has 0 atom stereocenters. The minimum absolute atomic E-state index is 0.118. The van der Waals surface area contributed by atoms with E-state index in [0.29, 0.717) is 15.7 Å². The van der Waals surface area contributed by atoms with Gasteiger partial charge in [0.05, 0.1) is 30.5 Å². The highest BCUT2D eigenvalue weighted by atomic mass is 35.5. The van der Waals surface area contributed by atoms with Gasteiger partial charge in [0.2, 0.25) is 5.91 Å². The van der Waals surface area contributed by atoms with Gasteiger partial charge >= 0.3 is 0 Å². The normalized spacial score (nSPS) is 14.2. The number of anilines is 3. The van der Waals surface area contributed by atoms with E-state index < -0.39 is 0 Å². The Labute approximate surface area is 156 Å². The Hall–Kier alpha value is -1.95. The minimum atomic E-state index is -0.148. The molecule has 7 heteroatoms. The summed E-state index contributed by atoms with van der Waals surface area (Å²) < 4.78 is 5.35. The summed E-state index contributed by atoms with van der Waals surface area (Å²) in [7, 11) is 0. The Morgan fingerprint density at radius 1 is 1.08 bits per heavy atom. The fourth-order valence-corrected chi connectivity index (χ4v) is 3.07. The van der Waals surface area contributed by atoms with Crippen LogP contribution in [0.4, 0.5) is 17.1 Å². The molecule has 0 radical (unpaired) electrons. The van der Waals surface area contributed by atoms with E-state index in [4.69, 9.17) is 27.9 Å². The van der Waals surface area contributed by atoms with Crippen LogP contribution in [-0.4, -0.2) is 38.8 Å². The summed E-state index contributed by atoms with van der Waals surface area (Å²) in [4.78, 5) is 14.3. The lowest BCUT2D eigenvalue weighted by molar-refractivity contribution is -0.114. The maximum atomic E-state index is 12.1. The quantitative estimate of drug-likeness (QED) is 0.827. The molecule has 25 heavy (non-hydrogen) atoms. The van der Waals surface area contributed by atoms with Crippen LogP contribution in [0.15, 0.2) is 42.5 Å². The van der Waals surface area contributed by atoms with Crippen LogP contribution in [0.5, 0.6) is 0 Å². The third-order valence-electron chi connectivity index (χ3n) is 3.90. The number of halogens is 2. The van der Waals surface area contributed by atoms with Gasteiger partial charge in [0.25, 0.3) is 0 Å².